The summed E-state index contributed by atoms with van der Waals surface area (Å²) >= 11 is 0. The second kappa shape index (κ2) is 6.14. The zero-order valence-corrected chi connectivity index (χ0v) is 14.8. The van der Waals surface area contributed by atoms with Crippen molar-refractivity contribution in [3.05, 3.63) is 0 Å². The van der Waals surface area contributed by atoms with Crippen LogP contribution in [0.3, 0.4) is 0 Å². The van der Waals surface area contributed by atoms with E-state index >= 15 is 0 Å². The molecular formula is C16H22O4Zr. The molecule has 0 heterocycles. The molecule has 0 aromatic heterocycles. The summed E-state index contributed by atoms with van der Waals surface area (Å²) in [5.41, 5.74) is -0.769. The summed E-state index contributed by atoms with van der Waals surface area (Å²) in [6, 6.07) is 0. The fraction of sp³-hybridized carbons (Fsp3) is 0.875. The summed E-state index contributed by atoms with van der Waals surface area (Å²) in [7, 11) is 0. The number of hydrogen-bond acceptors (Lipinski definition) is 4. The van der Waals surface area contributed by atoms with E-state index < -0.39 is 11.9 Å². The van der Waals surface area contributed by atoms with Crippen LogP contribution >= 0.6 is 0 Å². The van der Waals surface area contributed by atoms with Crippen LogP contribution in [0, 0.1) is 22.7 Å². The average molecular weight is 370 g/mol. The molecule has 0 amide bonds. The number of carboxylic acid groups (broad SMARTS) is 2. The van der Waals surface area contributed by atoms with Crippen LogP contribution in [-0.4, -0.2) is 11.9 Å². The van der Waals surface area contributed by atoms with Gasteiger partial charge in [0.05, 0.1) is 0 Å². The summed E-state index contributed by atoms with van der Waals surface area (Å²) in [5, 5.41) is 21.3. The minimum Gasteiger partial charge on any atom is -0.550 e. The fourth-order valence-electron chi connectivity index (χ4n) is 4.96. The maximum Gasteiger partial charge on any atom is 2.00 e. The van der Waals surface area contributed by atoms with Gasteiger partial charge in [-0.3, -0.25) is 0 Å². The van der Waals surface area contributed by atoms with Gasteiger partial charge >= 0.3 is 26.2 Å². The quantitative estimate of drug-likeness (QED) is 0.715. The number of rotatable bonds is 2. The molecule has 5 heteroatoms. The number of carboxylic acids is 2. The van der Waals surface area contributed by atoms with Crippen LogP contribution in [0.4, 0.5) is 0 Å². The van der Waals surface area contributed by atoms with Gasteiger partial charge in [-0.1, -0.05) is 0 Å². The number of carbonyl (C=O) groups excluding carboxylic acids is 2. The minimum atomic E-state index is -0.799. The number of hydrogen-bond donors (Lipinski definition) is 0. The van der Waals surface area contributed by atoms with Crippen molar-refractivity contribution in [3.63, 3.8) is 0 Å². The van der Waals surface area contributed by atoms with E-state index in [9.17, 15) is 19.8 Å². The van der Waals surface area contributed by atoms with Gasteiger partial charge in [-0.05, 0) is 76.0 Å². The molecule has 4 saturated carbocycles. The van der Waals surface area contributed by atoms with E-state index in [1.165, 1.54) is 0 Å². The molecule has 0 aromatic rings. The molecule has 0 N–H and O–H groups in total. The number of carbonyl (C=O) groups is 2. The molecular weight excluding hydrogens is 347 g/mol. The summed E-state index contributed by atoms with van der Waals surface area (Å²) < 4.78 is 0. The second-order valence-corrected chi connectivity index (χ2v) is 7.43. The van der Waals surface area contributed by atoms with Crippen molar-refractivity contribution in [3.8, 4) is 0 Å². The van der Waals surface area contributed by atoms with Crippen LogP contribution in [0.15, 0.2) is 0 Å². The average Bonchev–Trinajstić information content (AvgIpc) is 3.20. The van der Waals surface area contributed by atoms with Crippen molar-refractivity contribution in [1.82, 2.24) is 0 Å². The first-order valence-corrected chi connectivity index (χ1v) is 7.89. The first-order valence-electron chi connectivity index (χ1n) is 7.89. The molecule has 0 radical (unpaired) electrons. The first kappa shape index (κ1) is 17.2. The Bertz CT molecular complexity index is 378. The smallest absolute Gasteiger partial charge is 0.550 e. The van der Waals surface area contributed by atoms with E-state index in [1.807, 2.05) is 0 Å². The molecule has 4 rings (SSSR count). The van der Waals surface area contributed by atoms with Gasteiger partial charge < -0.3 is 19.8 Å². The Labute approximate surface area is 144 Å². The predicted molar refractivity (Wildman–Crippen MR) is 68.0 cm³/mol. The molecule has 114 valence electrons. The maximum absolute atomic E-state index is 10.7. The standard InChI is InChI=1S/2C8H12O2.Zr/c2*9-7(10)8-3-1-6(5-8)2-4-8;/h2*6H,1-5H2,(H,9,10);/q;;+2/p-2. The van der Waals surface area contributed by atoms with Gasteiger partial charge in [0, 0.05) is 22.8 Å². The zero-order chi connectivity index (χ0) is 14.4. The van der Waals surface area contributed by atoms with Crippen molar-refractivity contribution in [2.75, 3.05) is 0 Å². The third-order valence-corrected chi connectivity index (χ3v) is 6.35. The number of fused-ring (bicyclic) bond motifs is 4. The van der Waals surface area contributed by atoms with E-state index in [2.05, 4.69) is 0 Å². The van der Waals surface area contributed by atoms with E-state index in [4.69, 9.17) is 0 Å². The molecule has 0 saturated heterocycles. The molecule has 0 unspecified atom stereocenters. The van der Waals surface area contributed by atoms with Crippen LogP contribution in [0.1, 0.15) is 64.2 Å². The Morgan fingerprint density at radius 3 is 1.10 bits per heavy atom. The van der Waals surface area contributed by atoms with E-state index in [-0.39, 0.29) is 37.0 Å². The van der Waals surface area contributed by atoms with Crippen LogP contribution in [0.2, 0.25) is 0 Å². The summed E-state index contributed by atoms with van der Waals surface area (Å²) in [5.74, 6) is -0.184. The van der Waals surface area contributed by atoms with Gasteiger partial charge in [0.15, 0.2) is 0 Å². The summed E-state index contributed by atoms with van der Waals surface area (Å²) in [6.45, 7) is 0. The molecule has 0 spiro atoms. The third kappa shape index (κ3) is 3.00. The van der Waals surface area contributed by atoms with Gasteiger partial charge in [0.25, 0.3) is 0 Å². The van der Waals surface area contributed by atoms with Crippen molar-refractivity contribution in [2.45, 2.75) is 64.2 Å². The van der Waals surface area contributed by atoms with Crippen molar-refractivity contribution >= 4 is 11.9 Å². The zero-order valence-electron chi connectivity index (χ0n) is 12.4. The van der Waals surface area contributed by atoms with Crippen molar-refractivity contribution in [1.29, 1.82) is 0 Å². The molecule has 4 bridgehead atoms. The van der Waals surface area contributed by atoms with E-state index in [0.717, 1.165) is 64.2 Å². The topological polar surface area (TPSA) is 80.3 Å². The van der Waals surface area contributed by atoms with Gasteiger partial charge in [-0.25, -0.2) is 0 Å². The molecule has 4 nitrogen and oxygen atoms in total. The fourth-order valence-corrected chi connectivity index (χ4v) is 4.96. The van der Waals surface area contributed by atoms with Gasteiger partial charge in [0.2, 0.25) is 0 Å². The minimum absolute atomic E-state index is 0. The summed E-state index contributed by atoms with van der Waals surface area (Å²) in [4.78, 5) is 21.3. The monoisotopic (exact) mass is 368 g/mol. The largest absolute Gasteiger partial charge is 2.00 e. The van der Waals surface area contributed by atoms with E-state index in [0.29, 0.717) is 11.8 Å². The Morgan fingerprint density at radius 1 is 0.714 bits per heavy atom. The third-order valence-electron chi connectivity index (χ3n) is 6.35. The van der Waals surface area contributed by atoms with Crippen LogP contribution in [-0.2, 0) is 35.8 Å². The second-order valence-electron chi connectivity index (χ2n) is 7.43. The molecule has 4 fully saturated rings. The van der Waals surface area contributed by atoms with Crippen LogP contribution in [0.5, 0.6) is 0 Å². The Morgan fingerprint density at radius 2 is 1.00 bits per heavy atom. The number of aliphatic carboxylic acids is 2. The molecule has 0 atom stereocenters. The Balaban J connectivity index is 0.000000147. The van der Waals surface area contributed by atoms with Gasteiger partial charge in [0.1, 0.15) is 0 Å². The molecule has 4 aliphatic carbocycles. The Kier molecular flexibility index (Phi) is 5.02. The normalized spacial score (nSPS) is 42.1. The molecule has 0 aliphatic heterocycles. The maximum atomic E-state index is 10.7. The van der Waals surface area contributed by atoms with Crippen molar-refractivity contribution in [2.24, 2.45) is 22.7 Å². The molecule has 0 aromatic carbocycles. The van der Waals surface area contributed by atoms with E-state index in [1.54, 1.807) is 0 Å². The van der Waals surface area contributed by atoms with Crippen LogP contribution in [0.25, 0.3) is 0 Å². The van der Waals surface area contributed by atoms with Gasteiger partial charge in [-0.2, -0.15) is 0 Å². The predicted octanol–water partition coefficient (Wildman–Crippen LogP) is 0.631. The SMILES string of the molecule is O=C([O-])C12CCC(CC1)C2.O=C([O-])C12CCC(CC1)C2.[Zr+2]. The molecule has 21 heavy (non-hydrogen) atoms. The summed E-state index contributed by atoms with van der Waals surface area (Å²) in [6.07, 6.45) is 9.77. The van der Waals surface area contributed by atoms with Crippen molar-refractivity contribution < 1.29 is 46.0 Å². The van der Waals surface area contributed by atoms with Crippen LogP contribution < -0.4 is 10.2 Å². The molecule has 4 aliphatic rings. The first-order chi connectivity index (χ1) is 9.46. The van der Waals surface area contributed by atoms with Gasteiger partial charge in [-0.15, -0.1) is 0 Å². The Hall–Kier alpha value is -0.177.